The van der Waals surface area contributed by atoms with Gasteiger partial charge in [-0.05, 0) is 18.2 Å². The van der Waals surface area contributed by atoms with Gasteiger partial charge in [0.15, 0.2) is 0 Å². The number of benzene rings is 1. The largest absolute Gasteiger partial charge is 1.00 e. The van der Waals surface area contributed by atoms with Gasteiger partial charge >= 0.3 is 29.6 Å². The van der Waals surface area contributed by atoms with Gasteiger partial charge < -0.3 is 10.3 Å². The van der Waals surface area contributed by atoms with Gasteiger partial charge in [0.2, 0.25) is 0 Å². The first kappa shape index (κ1) is 15.8. The van der Waals surface area contributed by atoms with Crippen molar-refractivity contribution in [1.82, 2.24) is 0 Å². The zero-order valence-electron chi connectivity index (χ0n) is 8.11. The summed E-state index contributed by atoms with van der Waals surface area (Å²) in [5.41, 5.74) is 4.79. The molecule has 1 aromatic rings. The van der Waals surface area contributed by atoms with Crippen LogP contribution in [0.4, 0.5) is 5.69 Å². The second-order valence-corrected chi connectivity index (χ2v) is 5.40. The van der Waals surface area contributed by atoms with Crippen LogP contribution in [0.1, 0.15) is 0 Å². The molecule has 0 aliphatic heterocycles. The van der Waals surface area contributed by atoms with Crippen LogP contribution in [0.15, 0.2) is 28.0 Å². The zero-order valence-corrected chi connectivity index (χ0v) is 11.7. The number of nitrogens with two attached hydrogens (primary N) is 1. The summed E-state index contributed by atoms with van der Waals surface area (Å²) in [6.07, 6.45) is 0. The Balaban J connectivity index is 0.00000225. The van der Waals surface area contributed by atoms with Crippen LogP contribution in [0.3, 0.4) is 0 Å². The van der Waals surface area contributed by atoms with Gasteiger partial charge in [-0.25, -0.2) is 8.42 Å². The maximum Gasteiger partial charge on any atom is 1.00 e. The second kappa shape index (κ2) is 5.00. The molecule has 0 aromatic heterocycles. The first-order valence-corrected chi connectivity index (χ1v) is 6.30. The maximum absolute atomic E-state index is 10.6. The molecule has 1 rings (SSSR count). The molecule has 0 aliphatic carbocycles. The van der Waals surface area contributed by atoms with Gasteiger partial charge in [-0.2, -0.15) is 8.42 Å². The van der Waals surface area contributed by atoms with E-state index >= 15 is 0 Å². The summed E-state index contributed by atoms with van der Waals surface area (Å²) in [6.45, 7) is 0. The zero-order chi connectivity index (χ0) is 11.9. The van der Waals surface area contributed by atoms with E-state index in [-0.39, 0.29) is 35.2 Å². The molecule has 10 heteroatoms. The summed E-state index contributed by atoms with van der Waals surface area (Å²) in [7, 11) is -9.43. The molecule has 0 atom stereocenters. The fourth-order valence-corrected chi connectivity index (χ4v) is 2.10. The molecule has 0 heterocycles. The second-order valence-electron chi connectivity index (χ2n) is 2.63. The van der Waals surface area contributed by atoms with Crippen molar-refractivity contribution in [2.24, 2.45) is 0 Å². The van der Waals surface area contributed by atoms with Crippen molar-refractivity contribution in [2.75, 3.05) is 5.73 Å². The van der Waals surface area contributed by atoms with Gasteiger partial charge in [-0.1, -0.05) is 0 Å². The van der Waals surface area contributed by atoms with Crippen molar-refractivity contribution in [1.29, 1.82) is 0 Å². The number of hydrogen-bond donors (Lipinski definition) is 2. The minimum Gasteiger partial charge on any atom is -0.744 e. The first-order chi connectivity index (χ1) is 6.62. The Hall–Kier alpha value is -0.160. The summed E-state index contributed by atoms with van der Waals surface area (Å²) in [6, 6.07) is 2.31. The molecule has 1 aromatic carbocycles. The standard InChI is InChI=1S/C6H7NO6S2.Na/c7-5-2-1-4(14(8,9)10)3-6(5)15(11,12)13;/h1-3H,7H2,(H,8,9,10)(H,11,12,13);/q;+1/p-1. The Bertz CT molecular complexity index is 593. The molecule has 0 amide bonds. The molecule has 84 valence electrons. The van der Waals surface area contributed by atoms with Crippen molar-refractivity contribution in [3.05, 3.63) is 18.2 Å². The van der Waals surface area contributed by atoms with Gasteiger partial charge in [0, 0.05) is 5.69 Å². The number of nitrogen functional groups attached to an aromatic ring is 1. The molecule has 3 N–H and O–H groups in total. The monoisotopic (exact) mass is 275 g/mol. The summed E-state index contributed by atoms with van der Waals surface area (Å²) in [5, 5.41) is 0. The Labute approximate surface area is 114 Å². The molecule has 0 saturated carbocycles. The summed E-state index contributed by atoms with van der Waals surface area (Å²) in [4.78, 5) is -1.58. The van der Waals surface area contributed by atoms with Gasteiger partial charge in [-0.15, -0.1) is 0 Å². The van der Waals surface area contributed by atoms with Crippen molar-refractivity contribution < 1.29 is 55.5 Å². The average molecular weight is 275 g/mol. The van der Waals surface area contributed by atoms with Crippen LogP contribution in [-0.2, 0) is 20.2 Å². The van der Waals surface area contributed by atoms with Gasteiger partial charge in [0.1, 0.15) is 10.1 Å². The van der Waals surface area contributed by atoms with E-state index in [1.807, 2.05) is 0 Å². The van der Waals surface area contributed by atoms with Crippen molar-refractivity contribution >= 4 is 25.9 Å². The molecular formula is C6H6NNaO6S2. The minimum absolute atomic E-state index is 0. The van der Waals surface area contributed by atoms with E-state index < -0.39 is 30.0 Å². The molecular weight excluding hydrogens is 269 g/mol. The fourth-order valence-electron chi connectivity index (χ4n) is 0.892. The third kappa shape index (κ3) is 3.70. The average Bonchev–Trinajstić information content (AvgIpc) is 2.00. The molecule has 0 unspecified atom stereocenters. The maximum atomic E-state index is 10.6. The molecule has 0 fully saturated rings. The quantitative estimate of drug-likeness (QED) is 0.323. The van der Waals surface area contributed by atoms with Crippen LogP contribution < -0.4 is 35.3 Å². The van der Waals surface area contributed by atoms with Gasteiger partial charge in [0.25, 0.3) is 10.1 Å². The Morgan fingerprint density at radius 3 is 2.06 bits per heavy atom. The smallest absolute Gasteiger partial charge is 0.744 e. The van der Waals surface area contributed by atoms with Gasteiger partial charge in [0.05, 0.1) is 9.79 Å². The summed E-state index contributed by atoms with van der Waals surface area (Å²) < 4.78 is 61.7. The molecule has 0 bridgehead atoms. The number of hydrogen-bond acceptors (Lipinski definition) is 6. The van der Waals surface area contributed by atoms with Crippen molar-refractivity contribution in [2.45, 2.75) is 9.79 Å². The van der Waals surface area contributed by atoms with Crippen molar-refractivity contribution in [3.8, 4) is 0 Å². The predicted molar refractivity (Wildman–Crippen MR) is 48.6 cm³/mol. The molecule has 16 heavy (non-hydrogen) atoms. The number of anilines is 1. The van der Waals surface area contributed by atoms with Gasteiger partial charge in [-0.3, -0.25) is 4.55 Å². The molecule has 0 aliphatic rings. The Morgan fingerprint density at radius 1 is 1.19 bits per heavy atom. The van der Waals surface area contributed by atoms with Crippen LogP contribution in [-0.4, -0.2) is 25.9 Å². The van der Waals surface area contributed by atoms with E-state index in [2.05, 4.69) is 0 Å². The van der Waals surface area contributed by atoms with E-state index in [9.17, 15) is 21.4 Å². The predicted octanol–water partition coefficient (Wildman–Crippen LogP) is -3.58. The Kier molecular flexibility index (Phi) is 4.95. The summed E-state index contributed by atoms with van der Waals surface area (Å²) >= 11 is 0. The first-order valence-electron chi connectivity index (χ1n) is 3.45. The summed E-state index contributed by atoms with van der Waals surface area (Å²) in [5.74, 6) is 0. The van der Waals surface area contributed by atoms with Crippen LogP contribution >= 0.6 is 0 Å². The molecule has 7 nitrogen and oxygen atoms in total. The van der Waals surface area contributed by atoms with Crippen LogP contribution in [0.2, 0.25) is 0 Å². The van der Waals surface area contributed by atoms with E-state index in [1.54, 1.807) is 0 Å². The van der Waals surface area contributed by atoms with E-state index in [0.717, 1.165) is 12.1 Å². The third-order valence-corrected chi connectivity index (χ3v) is 3.29. The van der Waals surface area contributed by atoms with Crippen LogP contribution in [0, 0.1) is 0 Å². The third-order valence-electron chi connectivity index (χ3n) is 1.55. The molecule has 0 radical (unpaired) electrons. The van der Waals surface area contributed by atoms with E-state index in [0.29, 0.717) is 6.07 Å². The molecule has 0 saturated heterocycles. The van der Waals surface area contributed by atoms with E-state index in [1.165, 1.54) is 0 Å². The topological polar surface area (TPSA) is 138 Å². The Morgan fingerprint density at radius 2 is 1.69 bits per heavy atom. The van der Waals surface area contributed by atoms with Crippen LogP contribution in [0.25, 0.3) is 0 Å². The van der Waals surface area contributed by atoms with Crippen molar-refractivity contribution in [3.63, 3.8) is 0 Å². The minimum atomic E-state index is -4.87. The van der Waals surface area contributed by atoms with Crippen LogP contribution in [0.5, 0.6) is 0 Å². The van der Waals surface area contributed by atoms with E-state index in [4.69, 9.17) is 10.3 Å². The SMILES string of the molecule is Nc1ccc(S(=O)(=O)O)cc1S(=O)(=O)[O-].[Na+]. The fraction of sp³-hybridized carbons (Fsp3) is 0. The molecule has 0 spiro atoms. The normalized spacial score (nSPS) is 11.9. The number of rotatable bonds is 2.